The third kappa shape index (κ3) is 116. The monoisotopic (exact) mass is 164 g/mol. The van der Waals surface area contributed by atoms with Crippen LogP contribution in [-0.4, -0.2) is 6.41 Å². The Labute approximate surface area is 63.6 Å². The standard InChI is InChI=1S/CH3NO.2ClH.Ti/c2-1-3;;;/h1H,(H2,2,3);2*1H;/p-1. The van der Waals surface area contributed by atoms with E-state index in [2.05, 4.69) is 0 Å². The maximum Gasteiger partial charge on any atom is 0.0344 e. The van der Waals surface area contributed by atoms with Crippen molar-refractivity contribution in [2.75, 3.05) is 0 Å². The minimum absolute atomic E-state index is 0. The maximum absolute atomic E-state index is 8.47. The molecule has 0 aromatic heterocycles. The van der Waals surface area contributed by atoms with E-state index in [1.807, 2.05) is 0 Å². The van der Waals surface area contributed by atoms with Gasteiger partial charge in [-0.25, -0.2) is 0 Å². The van der Waals surface area contributed by atoms with Gasteiger partial charge in [0.05, 0.1) is 0 Å². The number of carbonyl (C=O) groups is 1. The van der Waals surface area contributed by atoms with E-state index in [-0.39, 0.29) is 52.9 Å². The van der Waals surface area contributed by atoms with E-state index in [0.29, 0.717) is 0 Å². The van der Waals surface area contributed by atoms with Crippen LogP contribution in [0.15, 0.2) is 0 Å². The third-order valence-electron chi connectivity index (χ3n) is 0. The number of carbonyl (C=O) groups excluding carboxylic acids is 1. The summed E-state index contributed by atoms with van der Waals surface area (Å²) in [7, 11) is 0. The fourth-order valence-electron chi connectivity index (χ4n) is 0. The molecule has 0 aromatic carbocycles. The Bertz CT molecular complexity index is 21.0. The van der Waals surface area contributed by atoms with Crippen molar-refractivity contribution < 1.29 is 26.5 Å². The Balaban J connectivity index is -0.00000000667. The van der Waals surface area contributed by atoms with Crippen molar-refractivity contribution in [1.29, 1.82) is 0 Å². The number of hydrogen-bond donors (Lipinski definition) is 0. The van der Waals surface area contributed by atoms with E-state index in [1.165, 1.54) is 0 Å². The average molecular weight is 165 g/mol. The summed E-state index contributed by atoms with van der Waals surface area (Å²) in [4.78, 5) is 8.47. The van der Waals surface area contributed by atoms with Crippen LogP contribution in [-0.2, 0) is 26.5 Å². The van der Waals surface area contributed by atoms with Crippen molar-refractivity contribution in [3.8, 4) is 0 Å². The number of rotatable bonds is 0. The smallest absolute Gasteiger partial charge is 0.0344 e. The zero-order chi connectivity index (χ0) is 2.71. The van der Waals surface area contributed by atoms with Crippen molar-refractivity contribution in [2.24, 2.45) is 0 Å². The molecule has 0 heterocycles. The molecule has 0 aromatic rings. The van der Waals surface area contributed by atoms with Crippen LogP contribution < -0.4 is 0 Å². The Morgan fingerprint density at radius 2 is 1.33 bits per heavy atom. The fraction of sp³-hybridized carbons (Fsp3) is 0. The topological polar surface area (TPSA) is 40.9 Å². The van der Waals surface area contributed by atoms with Gasteiger partial charge in [-0.05, 0) is 0 Å². The summed E-state index contributed by atoms with van der Waals surface area (Å²) in [6.45, 7) is 0. The molecule has 0 saturated heterocycles. The van der Waals surface area contributed by atoms with E-state index in [9.17, 15) is 0 Å². The fourth-order valence-corrected chi connectivity index (χ4v) is 0. The van der Waals surface area contributed by atoms with Crippen LogP contribution in [0.5, 0.6) is 0 Å². The van der Waals surface area contributed by atoms with E-state index in [1.54, 1.807) is 0 Å². The molecule has 0 unspecified atom stereocenters. The molecule has 2 nitrogen and oxygen atoms in total. The number of hydrogen-bond acceptors (Lipinski definition) is 1. The number of amides is 1. The van der Waals surface area contributed by atoms with Crippen LogP contribution in [0, 0.1) is 0 Å². The summed E-state index contributed by atoms with van der Waals surface area (Å²) in [5, 5.41) is 0. The van der Waals surface area contributed by atoms with E-state index >= 15 is 0 Å². The zero-order valence-electron chi connectivity index (χ0n) is 2.80. The molecule has 5 heteroatoms. The predicted molar refractivity (Wildman–Crippen MR) is 24.9 cm³/mol. The first-order chi connectivity index (χ1) is 1.41. The van der Waals surface area contributed by atoms with Crippen molar-refractivity contribution in [1.82, 2.24) is 0 Å². The Morgan fingerprint density at radius 3 is 1.33 bits per heavy atom. The second-order valence-electron chi connectivity index (χ2n) is 0.118. The quantitative estimate of drug-likeness (QED) is 0.390. The van der Waals surface area contributed by atoms with Gasteiger partial charge in [0, 0.05) is 28.1 Å². The minimum Gasteiger partial charge on any atom is -0.671 e. The van der Waals surface area contributed by atoms with Crippen LogP contribution in [0.4, 0.5) is 0 Å². The third-order valence-corrected chi connectivity index (χ3v) is 0. The molecule has 0 radical (unpaired) electrons. The van der Waals surface area contributed by atoms with Gasteiger partial charge in [-0.1, -0.05) is 0 Å². The van der Waals surface area contributed by atoms with Gasteiger partial charge in [-0.2, -0.15) is 0 Å². The van der Waals surface area contributed by atoms with E-state index < -0.39 is 0 Å². The summed E-state index contributed by atoms with van der Waals surface area (Å²) in [6.07, 6.45) is 0. The molecule has 38 valence electrons. The van der Waals surface area contributed by atoms with Crippen LogP contribution in [0.1, 0.15) is 0 Å². The van der Waals surface area contributed by atoms with Crippen LogP contribution in [0.3, 0.4) is 0 Å². The van der Waals surface area contributed by atoms with Crippen molar-refractivity contribution in [3.05, 3.63) is 5.73 Å². The molecule has 6 heavy (non-hydrogen) atoms. The Kier molecular flexibility index (Phi) is 206. The second kappa shape index (κ2) is 42.0. The van der Waals surface area contributed by atoms with Gasteiger partial charge in [-0.3, -0.25) is 0 Å². The molecule has 1 amide bonds. The first-order valence-corrected chi connectivity index (χ1v) is 0.524. The predicted octanol–water partition coefficient (Wildman–Crippen LogP) is 1.04. The molecule has 0 spiro atoms. The molecular formula is CH4Cl2NOTi-. The van der Waals surface area contributed by atoms with Crippen molar-refractivity contribution >= 4 is 31.2 Å². The zero-order valence-corrected chi connectivity index (χ0v) is 6.00. The molecule has 0 saturated carbocycles. The summed E-state index contributed by atoms with van der Waals surface area (Å²) in [5.41, 5.74) is 5.53. The number of nitrogens with one attached hydrogen (secondary N) is 1. The van der Waals surface area contributed by atoms with Gasteiger partial charge >= 0.3 is 0 Å². The summed E-state index contributed by atoms with van der Waals surface area (Å²) >= 11 is 0. The first kappa shape index (κ1) is 29.4. The van der Waals surface area contributed by atoms with Gasteiger partial charge in [0.1, 0.15) is 0 Å². The van der Waals surface area contributed by atoms with Crippen LogP contribution >= 0.6 is 24.8 Å². The molecular weight excluding hydrogens is 161 g/mol. The molecule has 0 atom stereocenters. The first-order valence-electron chi connectivity index (χ1n) is 0.524. The Morgan fingerprint density at radius 1 is 1.33 bits per heavy atom. The summed E-state index contributed by atoms with van der Waals surface area (Å²) < 4.78 is 0. The van der Waals surface area contributed by atoms with Gasteiger partial charge in [0.15, 0.2) is 0 Å². The molecule has 0 fully saturated rings. The van der Waals surface area contributed by atoms with Crippen LogP contribution in [0.2, 0.25) is 0 Å². The van der Waals surface area contributed by atoms with Gasteiger partial charge < -0.3 is 10.5 Å². The van der Waals surface area contributed by atoms with Gasteiger partial charge in [0.25, 0.3) is 0 Å². The van der Waals surface area contributed by atoms with Crippen LogP contribution in [0.25, 0.3) is 5.73 Å². The molecule has 0 bridgehead atoms. The summed E-state index contributed by atoms with van der Waals surface area (Å²) in [6, 6.07) is 0. The normalized spacial score (nSPS) is 2.00. The van der Waals surface area contributed by atoms with Crippen molar-refractivity contribution in [2.45, 2.75) is 0 Å². The van der Waals surface area contributed by atoms with Gasteiger partial charge in [0.2, 0.25) is 0 Å². The molecule has 0 rings (SSSR count). The molecule has 0 aliphatic rings. The maximum atomic E-state index is 8.47. The molecule has 0 aliphatic carbocycles. The SMILES string of the molecule is Cl.Cl.[NH-]C=O.[Ti]. The number of halogens is 2. The van der Waals surface area contributed by atoms with E-state index in [4.69, 9.17) is 10.5 Å². The molecule has 0 aliphatic heterocycles. The van der Waals surface area contributed by atoms with E-state index in [0.717, 1.165) is 0 Å². The Hall–Kier alpha value is 0.764. The second-order valence-corrected chi connectivity index (χ2v) is 0.118. The average Bonchev–Trinajstić information content (AvgIpc) is 0.918. The summed E-state index contributed by atoms with van der Waals surface area (Å²) in [5.74, 6) is 0. The minimum atomic E-state index is 0. The molecule has 1 N–H and O–H groups in total. The largest absolute Gasteiger partial charge is 0.671 e. The van der Waals surface area contributed by atoms with Crippen molar-refractivity contribution in [3.63, 3.8) is 0 Å². The van der Waals surface area contributed by atoms with Gasteiger partial charge in [-0.15, -0.1) is 24.8 Å².